The van der Waals surface area contributed by atoms with E-state index in [4.69, 9.17) is 0 Å². The van der Waals surface area contributed by atoms with Gasteiger partial charge < -0.3 is 5.11 Å². The summed E-state index contributed by atoms with van der Waals surface area (Å²) in [7, 11) is 3.97. The number of hydrogen-bond donors (Lipinski definition) is 1. The molecule has 6 heteroatoms. The smallest absolute Gasteiger partial charge is 0.243 e. The van der Waals surface area contributed by atoms with Gasteiger partial charge in [-0.05, 0) is 59.3 Å². The average molecular weight is 304 g/mol. The number of carbonyl (C=O) groups is 1. The SMILES string of the molecule is CC(=O)[C@@H]1C[C@H](CC(O)P(=O)(N(C)C)N(C)C)C1(C)C. The van der Waals surface area contributed by atoms with Crippen LogP contribution in [0.3, 0.4) is 0 Å². The molecule has 0 amide bonds. The molecule has 3 atom stereocenters. The van der Waals surface area contributed by atoms with Crippen LogP contribution < -0.4 is 0 Å². The minimum absolute atomic E-state index is 0.0674. The first-order valence-corrected chi connectivity index (χ1v) is 8.77. The largest absolute Gasteiger partial charge is 0.383 e. The summed E-state index contributed by atoms with van der Waals surface area (Å²) in [5, 5.41) is 10.5. The average Bonchev–Trinajstić information content (AvgIpc) is 2.31. The lowest BCUT2D eigenvalue weighted by molar-refractivity contribution is -0.137. The number of rotatable bonds is 6. The third kappa shape index (κ3) is 2.87. The van der Waals surface area contributed by atoms with Gasteiger partial charge in [0.2, 0.25) is 7.44 Å². The van der Waals surface area contributed by atoms with Crippen LogP contribution in [-0.2, 0) is 9.36 Å². The van der Waals surface area contributed by atoms with E-state index in [-0.39, 0.29) is 23.0 Å². The summed E-state index contributed by atoms with van der Waals surface area (Å²) >= 11 is 0. The first-order chi connectivity index (χ1) is 8.95. The van der Waals surface area contributed by atoms with E-state index in [2.05, 4.69) is 13.8 Å². The van der Waals surface area contributed by atoms with Crippen LogP contribution in [-0.4, -0.2) is 54.3 Å². The number of nitrogens with zero attached hydrogens (tertiary/aromatic N) is 2. The molecule has 1 fully saturated rings. The number of ketones is 1. The molecular formula is C14H29N2O3P. The standard InChI is InChI=1S/C14H29N2O3P/c1-10(17)12-8-11(14(12,2)3)9-13(18)20(19,15(4)5)16(6)7/h11-13,18H,8-9H2,1-7H3/t11-,12+,13?/m1/s1. The topological polar surface area (TPSA) is 60.9 Å². The van der Waals surface area contributed by atoms with Gasteiger partial charge in [-0.15, -0.1) is 0 Å². The molecule has 1 N–H and O–H groups in total. The van der Waals surface area contributed by atoms with Crippen LogP contribution in [0, 0.1) is 17.3 Å². The Morgan fingerprint density at radius 1 is 1.30 bits per heavy atom. The molecule has 1 aliphatic carbocycles. The van der Waals surface area contributed by atoms with Gasteiger partial charge in [0, 0.05) is 5.92 Å². The van der Waals surface area contributed by atoms with Crippen molar-refractivity contribution in [2.75, 3.05) is 28.2 Å². The van der Waals surface area contributed by atoms with Crippen molar-refractivity contribution in [1.29, 1.82) is 0 Å². The fourth-order valence-electron chi connectivity index (χ4n) is 3.39. The molecule has 0 aromatic carbocycles. The molecule has 0 aliphatic heterocycles. The van der Waals surface area contributed by atoms with Gasteiger partial charge >= 0.3 is 0 Å². The molecule has 5 nitrogen and oxygen atoms in total. The minimum atomic E-state index is -2.95. The lowest BCUT2D eigenvalue weighted by Gasteiger charge is -2.52. The van der Waals surface area contributed by atoms with Gasteiger partial charge in [0.25, 0.3) is 0 Å². The zero-order valence-electron chi connectivity index (χ0n) is 13.8. The Labute approximate surface area is 122 Å². The van der Waals surface area contributed by atoms with Gasteiger partial charge in [-0.2, -0.15) is 0 Å². The van der Waals surface area contributed by atoms with Gasteiger partial charge in [0.1, 0.15) is 11.6 Å². The van der Waals surface area contributed by atoms with Crippen LogP contribution in [0.1, 0.15) is 33.6 Å². The van der Waals surface area contributed by atoms with Crippen molar-refractivity contribution in [2.45, 2.75) is 39.5 Å². The van der Waals surface area contributed by atoms with E-state index in [0.29, 0.717) is 6.42 Å². The van der Waals surface area contributed by atoms with Crippen LogP contribution in [0.4, 0.5) is 0 Å². The van der Waals surface area contributed by atoms with Crippen molar-refractivity contribution in [2.24, 2.45) is 17.3 Å². The molecule has 0 heterocycles. The first kappa shape index (κ1) is 17.8. The summed E-state index contributed by atoms with van der Waals surface area (Å²) in [6.45, 7) is 5.76. The molecule has 0 bridgehead atoms. The van der Waals surface area contributed by atoms with Gasteiger partial charge in [-0.3, -0.25) is 9.36 Å². The lowest BCUT2D eigenvalue weighted by Crippen LogP contribution is -2.49. The Morgan fingerprint density at radius 3 is 2.05 bits per heavy atom. The predicted molar refractivity (Wildman–Crippen MR) is 81.7 cm³/mol. The van der Waals surface area contributed by atoms with E-state index >= 15 is 0 Å². The summed E-state index contributed by atoms with van der Waals surface area (Å²) in [6.07, 6.45) is 1.27. The second-order valence-corrected chi connectivity index (χ2v) is 10.3. The van der Waals surface area contributed by atoms with Crippen LogP contribution in [0.5, 0.6) is 0 Å². The Balaban J connectivity index is 2.80. The molecule has 1 unspecified atom stereocenters. The third-order valence-corrected chi connectivity index (χ3v) is 8.27. The predicted octanol–water partition coefficient (Wildman–Crippen LogP) is 2.26. The Bertz CT molecular complexity index is 409. The Morgan fingerprint density at radius 2 is 1.75 bits per heavy atom. The van der Waals surface area contributed by atoms with Crippen molar-refractivity contribution < 1.29 is 14.5 Å². The van der Waals surface area contributed by atoms with E-state index in [1.807, 2.05) is 0 Å². The highest BCUT2D eigenvalue weighted by molar-refractivity contribution is 7.59. The van der Waals surface area contributed by atoms with E-state index in [9.17, 15) is 14.5 Å². The van der Waals surface area contributed by atoms with Crippen molar-refractivity contribution in [3.05, 3.63) is 0 Å². The molecule has 1 saturated carbocycles. The molecule has 0 aromatic heterocycles. The van der Waals surface area contributed by atoms with E-state index < -0.39 is 13.3 Å². The van der Waals surface area contributed by atoms with Crippen LogP contribution in [0.25, 0.3) is 0 Å². The molecule has 20 heavy (non-hydrogen) atoms. The Hall–Kier alpha value is -0.220. The highest BCUT2D eigenvalue weighted by Crippen LogP contribution is 2.60. The van der Waals surface area contributed by atoms with Crippen molar-refractivity contribution in [1.82, 2.24) is 9.34 Å². The van der Waals surface area contributed by atoms with E-state index in [1.54, 1.807) is 44.5 Å². The maximum atomic E-state index is 12.9. The second kappa shape index (κ2) is 5.88. The molecule has 1 aliphatic rings. The zero-order valence-corrected chi connectivity index (χ0v) is 14.6. The molecule has 0 spiro atoms. The summed E-state index contributed by atoms with van der Waals surface area (Å²) in [6, 6.07) is 0. The van der Waals surface area contributed by atoms with Gasteiger partial charge in [-0.1, -0.05) is 13.8 Å². The third-order valence-electron chi connectivity index (χ3n) is 4.99. The van der Waals surface area contributed by atoms with Gasteiger partial charge in [-0.25, -0.2) is 9.34 Å². The monoisotopic (exact) mass is 304 g/mol. The minimum Gasteiger partial charge on any atom is -0.383 e. The van der Waals surface area contributed by atoms with E-state index in [1.165, 1.54) is 0 Å². The highest BCUT2D eigenvalue weighted by atomic mass is 31.2. The maximum Gasteiger partial charge on any atom is 0.243 e. The van der Waals surface area contributed by atoms with Crippen LogP contribution >= 0.6 is 7.44 Å². The van der Waals surface area contributed by atoms with Gasteiger partial charge in [0.05, 0.1) is 0 Å². The van der Waals surface area contributed by atoms with Crippen molar-refractivity contribution in [3.63, 3.8) is 0 Å². The number of aliphatic hydroxyl groups is 1. The number of Topliss-reactive ketones (excluding diaryl/α,β-unsaturated/α-hetero) is 1. The number of carbonyl (C=O) groups excluding carboxylic acids is 1. The molecule has 118 valence electrons. The fraction of sp³-hybridized carbons (Fsp3) is 0.929. The summed E-state index contributed by atoms with van der Waals surface area (Å²) in [5.41, 5.74) is -0.115. The highest BCUT2D eigenvalue weighted by Gasteiger charge is 2.52. The molecule has 0 radical (unpaired) electrons. The molecule has 0 aromatic rings. The fourth-order valence-corrected chi connectivity index (χ4v) is 5.70. The van der Waals surface area contributed by atoms with E-state index in [0.717, 1.165) is 6.42 Å². The quantitative estimate of drug-likeness (QED) is 0.763. The summed E-state index contributed by atoms with van der Waals surface area (Å²) in [5.74, 6) is -0.369. The first-order valence-electron chi connectivity index (χ1n) is 7.09. The molecule has 0 saturated heterocycles. The maximum absolute atomic E-state index is 12.9. The zero-order chi connectivity index (χ0) is 15.9. The van der Waals surface area contributed by atoms with Gasteiger partial charge in [0.15, 0.2) is 0 Å². The van der Waals surface area contributed by atoms with Crippen LogP contribution in [0.2, 0.25) is 0 Å². The number of aliphatic hydroxyl groups excluding tert-OH is 1. The van der Waals surface area contributed by atoms with Crippen LogP contribution in [0.15, 0.2) is 0 Å². The molecule has 1 rings (SSSR count). The lowest BCUT2D eigenvalue weighted by atomic mass is 9.53. The molecular weight excluding hydrogens is 275 g/mol. The van der Waals surface area contributed by atoms with Crippen molar-refractivity contribution >= 4 is 13.2 Å². The summed E-state index contributed by atoms with van der Waals surface area (Å²) in [4.78, 5) is 11.6. The second-order valence-electron chi connectivity index (χ2n) is 6.92. The normalized spacial score (nSPS) is 27.5. The summed E-state index contributed by atoms with van der Waals surface area (Å²) < 4.78 is 16.2. The van der Waals surface area contributed by atoms with Crippen molar-refractivity contribution in [3.8, 4) is 0 Å². The Kier molecular flexibility index (Phi) is 5.24. The number of hydrogen-bond acceptors (Lipinski definition) is 3.